The molecule has 0 saturated carbocycles. The summed E-state index contributed by atoms with van der Waals surface area (Å²) < 4.78 is 46.9. The normalized spacial score (nSPS) is 11.9. The van der Waals surface area contributed by atoms with Crippen molar-refractivity contribution < 1.29 is 27.8 Å². The van der Waals surface area contributed by atoms with Crippen LogP contribution in [0.25, 0.3) is 11.0 Å². The highest BCUT2D eigenvalue weighted by Gasteiger charge is 2.28. The fourth-order valence-corrected chi connectivity index (χ4v) is 4.52. The maximum Gasteiger partial charge on any atom is 0.199 e. The second kappa shape index (κ2) is 8.76. The molecule has 1 heterocycles. The first-order valence-electron chi connectivity index (χ1n) is 9.35. The molecule has 4 aromatic rings. The van der Waals surface area contributed by atoms with Gasteiger partial charge in [0.25, 0.3) is 0 Å². The van der Waals surface area contributed by atoms with Crippen molar-refractivity contribution in [1.29, 1.82) is 0 Å². The van der Waals surface area contributed by atoms with Gasteiger partial charge in [-0.15, -0.1) is 0 Å². The molecule has 0 bridgehead atoms. The van der Waals surface area contributed by atoms with Gasteiger partial charge in [0.05, 0.1) is 14.2 Å². The summed E-state index contributed by atoms with van der Waals surface area (Å²) in [6.45, 7) is 0.247. The molecule has 3 N–H and O–H groups in total. The van der Waals surface area contributed by atoms with Gasteiger partial charge in [0.1, 0.15) is 29.2 Å². The molecule has 8 nitrogen and oxygen atoms in total. The van der Waals surface area contributed by atoms with Crippen molar-refractivity contribution in [2.45, 2.75) is 11.5 Å². The molecular weight excluding hydrogens is 420 g/mol. The molecule has 4 rings (SSSR count). The molecule has 0 radical (unpaired) electrons. The van der Waals surface area contributed by atoms with E-state index in [0.717, 1.165) is 5.56 Å². The van der Waals surface area contributed by atoms with Crippen molar-refractivity contribution in [1.82, 2.24) is 5.16 Å². The number of rotatable bonds is 8. The summed E-state index contributed by atoms with van der Waals surface area (Å²) in [5.74, 6) is 1.15. The fraction of sp³-hybridized carbons (Fsp3) is 0.136. The molecule has 0 unspecified atom stereocenters. The Morgan fingerprint density at radius 3 is 2.29 bits per heavy atom. The van der Waals surface area contributed by atoms with Gasteiger partial charge >= 0.3 is 0 Å². The molecule has 31 heavy (non-hydrogen) atoms. The zero-order valence-corrected chi connectivity index (χ0v) is 17.8. The lowest BCUT2D eigenvalue weighted by Gasteiger charge is -2.34. The van der Waals surface area contributed by atoms with Crippen LogP contribution >= 0.6 is 10.8 Å². The topological polar surface area (TPSA) is 106 Å². The Balaban J connectivity index is 1.70. The van der Waals surface area contributed by atoms with E-state index in [1.807, 2.05) is 30.3 Å². The maximum absolute atomic E-state index is 11.1. The number of fused-ring (bicyclic) bond motifs is 1. The Kier molecular flexibility index (Phi) is 5.90. The highest BCUT2D eigenvalue weighted by Crippen LogP contribution is 2.57. The van der Waals surface area contributed by atoms with Crippen LogP contribution in [-0.4, -0.2) is 28.5 Å². The maximum atomic E-state index is 11.1. The number of benzene rings is 3. The number of aromatic nitrogens is 1. The van der Waals surface area contributed by atoms with E-state index in [1.54, 1.807) is 36.4 Å². The van der Waals surface area contributed by atoms with Gasteiger partial charge in [0.15, 0.2) is 16.3 Å². The third-order valence-corrected chi connectivity index (χ3v) is 6.05. The van der Waals surface area contributed by atoms with Gasteiger partial charge in [0, 0.05) is 0 Å². The van der Waals surface area contributed by atoms with E-state index >= 15 is 0 Å². The molecule has 0 amide bonds. The second-order valence-corrected chi connectivity index (χ2v) is 8.29. The van der Waals surface area contributed by atoms with Gasteiger partial charge in [-0.1, -0.05) is 58.4 Å². The third-order valence-electron chi connectivity index (χ3n) is 4.60. The quantitative estimate of drug-likeness (QED) is 0.326. The standard InChI is InChI=1S/C22H22N2O6S/c1-27-16-10-6-11-17-20(16)22(23-30-17)24-31(25,26)21-18(28-2)12-7-13-19(21)29-14-15-8-4-3-5-9-15/h3-13,25-26H,14H2,1-2H3,(H,23,24). The average molecular weight is 442 g/mol. The van der Waals surface area contributed by atoms with Gasteiger partial charge in [-0.3, -0.25) is 13.8 Å². The van der Waals surface area contributed by atoms with Crippen LogP contribution in [-0.2, 0) is 6.61 Å². The molecule has 0 saturated heterocycles. The molecule has 9 heteroatoms. The summed E-state index contributed by atoms with van der Waals surface area (Å²) >= 11 is 0. The smallest absolute Gasteiger partial charge is 0.199 e. The van der Waals surface area contributed by atoms with Gasteiger partial charge in [-0.25, -0.2) is 0 Å². The fourth-order valence-electron chi connectivity index (χ4n) is 3.17. The van der Waals surface area contributed by atoms with Gasteiger partial charge < -0.3 is 18.7 Å². The zero-order valence-electron chi connectivity index (χ0n) is 16.9. The predicted octanol–water partition coefficient (Wildman–Crippen LogP) is 5.56. The van der Waals surface area contributed by atoms with Crippen LogP contribution in [0.1, 0.15) is 5.56 Å². The van der Waals surface area contributed by atoms with Crippen molar-refractivity contribution in [2.24, 2.45) is 0 Å². The summed E-state index contributed by atoms with van der Waals surface area (Å²) in [6.07, 6.45) is 0. The van der Waals surface area contributed by atoms with Crippen molar-refractivity contribution in [3.8, 4) is 17.2 Å². The summed E-state index contributed by atoms with van der Waals surface area (Å²) in [5, 5.41) is 4.44. The number of methoxy groups -OCH3 is 2. The van der Waals surface area contributed by atoms with Crippen LogP contribution in [0.15, 0.2) is 76.1 Å². The third kappa shape index (κ3) is 4.24. The highest BCUT2D eigenvalue weighted by molar-refractivity contribution is 8.25. The van der Waals surface area contributed by atoms with E-state index in [4.69, 9.17) is 18.7 Å². The van der Waals surface area contributed by atoms with Crippen molar-refractivity contribution in [3.05, 3.63) is 72.3 Å². The average Bonchev–Trinajstić information content (AvgIpc) is 3.20. The number of anilines is 1. The van der Waals surface area contributed by atoms with Gasteiger partial charge in [-0.2, -0.15) is 0 Å². The minimum absolute atomic E-state index is 0.0829. The molecule has 0 aliphatic heterocycles. The van der Waals surface area contributed by atoms with Crippen LogP contribution in [0.4, 0.5) is 5.82 Å². The van der Waals surface area contributed by atoms with Crippen LogP contribution < -0.4 is 18.9 Å². The molecule has 0 aliphatic carbocycles. The van der Waals surface area contributed by atoms with E-state index < -0.39 is 10.8 Å². The monoisotopic (exact) mass is 442 g/mol. The van der Waals surface area contributed by atoms with Gasteiger partial charge in [0.2, 0.25) is 0 Å². The molecule has 0 atom stereocenters. The minimum atomic E-state index is -3.66. The van der Waals surface area contributed by atoms with E-state index in [1.165, 1.54) is 14.2 Å². The Morgan fingerprint density at radius 2 is 1.55 bits per heavy atom. The summed E-state index contributed by atoms with van der Waals surface area (Å²) in [6, 6.07) is 19.8. The van der Waals surface area contributed by atoms with E-state index in [-0.39, 0.29) is 28.8 Å². The largest absolute Gasteiger partial charge is 0.496 e. The molecule has 0 spiro atoms. The van der Waals surface area contributed by atoms with E-state index in [9.17, 15) is 9.11 Å². The van der Waals surface area contributed by atoms with Crippen molar-refractivity contribution >= 4 is 27.6 Å². The van der Waals surface area contributed by atoms with E-state index in [0.29, 0.717) is 16.7 Å². The van der Waals surface area contributed by atoms with Gasteiger partial charge in [-0.05, 0) is 29.8 Å². The van der Waals surface area contributed by atoms with Crippen LogP contribution in [0, 0.1) is 0 Å². The van der Waals surface area contributed by atoms with Crippen LogP contribution in [0.2, 0.25) is 0 Å². The zero-order chi connectivity index (χ0) is 21.8. The van der Waals surface area contributed by atoms with Crippen molar-refractivity contribution in [3.63, 3.8) is 0 Å². The molecular formula is C22H22N2O6S. The molecule has 0 aliphatic rings. The summed E-state index contributed by atoms with van der Waals surface area (Å²) in [4.78, 5) is 0.0829. The number of hydrogen-bond donors (Lipinski definition) is 3. The summed E-state index contributed by atoms with van der Waals surface area (Å²) in [5.41, 5.74) is 1.38. The van der Waals surface area contributed by atoms with Crippen LogP contribution in [0.3, 0.4) is 0 Å². The number of ether oxygens (including phenoxy) is 3. The molecule has 3 aromatic carbocycles. The molecule has 0 fully saturated rings. The second-order valence-electron chi connectivity index (χ2n) is 6.58. The number of nitrogens with one attached hydrogen (secondary N) is 1. The van der Waals surface area contributed by atoms with Crippen LogP contribution in [0.5, 0.6) is 17.2 Å². The van der Waals surface area contributed by atoms with Crippen molar-refractivity contribution in [2.75, 3.05) is 18.9 Å². The Hall–Kier alpha value is -3.40. The lowest BCUT2D eigenvalue weighted by molar-refractivity contribution is 0.291. The Morgan fingerprint density at radius 1 is 0.871 bits per heavy atom. The predicted molar refractivity (Wildman–Crippen MR) is 119 cm³/mol. The lowest BCUT2D eigenvalue weighted by atomic mass is 10.2. The lowest BCUT2D eigenvalue weighted by Crippen LogP contribution is -2.13. The Bertz CT molecular complexity index is 1180. The molecule has 162 valence electrons. The number of hydrogen-bond acceptors (Lipinski definition) is 8. The first-order chi connectivity index (χ1) is 15.0. The first-order valence-corrected chi connectivity index (χ1v) is 10.9. The first kappa shape index (κ1) is 20.9. The molecule has 1 aromatic heterocycles. The van der Waals surface area contributed by atoms with E-state index in [2.05, 4.69) is 9.88 Å². The summed E-state index contributed by atoms with van der Waals surface area (Å²) in [7, 11) is -0.694. The Labute approximate surface area is 180 Å². The SMILES string of the molecule is COc1cccc(OCc2ccccc2)c1S(O)(O)Nc1noc2cccc(OC)c12. The number of nitrogens with zero attached hydrogens (tertiary/aromatic N) is 1. The highest BCUT2D eigenvalue weighted by atomic mass is 32.3. The minimum Gasteiger partial charge on any atom is -0.496 e.